The minimum absolute atomic E-state index is 0.0383. The van der Waals surface area contributed by atoms with E-state index in [9.17, 15) is 9.90 Å². The Morgan fingerprint density at radius 2 is 2.11 bits per heavy atom. The summed E-state index contributed by atoms with van der Waals surface area (Å²) in [6.45, 7) is 1.71. The fraction of sp³-hybridized carbons (Fsp3) is 0.300. The molecular weight excluding hydrogens is 368 g/mol. The van der Waals surface area contributed by atoms with Gasteiger partial charge >= 0.3 is 0 Å². The highest BCUT2D eigenvalue weighted by Gasteiger charge is 2.47. The molecule has 1 fully saturated rings. The second kappa shape index (κ2) is 6.87. The monoisotopic (exact) mass is 386 g/mol. The van der Waals surface area contributed by atoms with Crippen LogP contribution in [0.15, 0.2) is 51.6 Å². The van der Waals surface area contributed by atoms with Crippen molar-refractivity contribution in [2.24, 2.45) is 5.92 Å². The van der Waals surface area contributed by atoms with Crippen LogP contribution in [0.5, 0.6) is 0 Å². The van der Waals surface area contributed by atoms with Gasteiger partial charge in [0, 0.05) is 5.56 Å². The molecule has 27 heavy (non-hydrogen) atoms. The normalized spacial score (nSPS) is 16.1. The molecule has 0 saturated heterocycles. The molecule has 0 bridgehead atoms. The number of hydrogen-bond donors (Lipinski definition) is 2. The molecule has 0 radical (unpaired) electrons. The number of amides is 1. The summed E-state index contributed by atoms with van der Waals surface area (Å²) in [5.41, 5.74) is 0.0725. The first kappa shape index (κ1) is 17.8. The molecule has 1 aromatic carbocycles. The summed E-state index contributed by atoms with van der Waals surface area (Å²) in [5, 5.41) is 18.4. The van der Waals surface area contributed by atoms with Crippen molar-refractivity contribution in [1.29, 1.82) is 0 Å². The maximum atomic E-state index is 12.9. The molecule has 0 spiro atoms. The summed E-state index contributed by atoms with van der Waals surface area (Å²) in [6.07, 6.45) is 3.30. The molecule has 140 valence electrons. The second-order valence-electron chi connectivity index (χ2n) is 6.80. The smallest absolute Gasteiger partial charge is 0.257 e. The van der Waals surface area contributed by atoms with E-state index in [1.54, 1.807) is 37.3 Å². The van der Waals surface area contributed by atoms with Crippen molar-refractivity contribution in [1.82, 2.24) is 10.5 Å². The van der Waals surface area contributed by atoms with Crippen LogP contribution in [0.1, 0.15) is 34.7 Å². The molecule has 2 heterocycles. The average molecular weight is 387 g/mol. The van der Waals surface area contributed by atoms with E-state index in [0.29, 0.717) is 33.4 Å². The first-order valence-corrected chi connectivity index (χ1v) is 9.14. The third-order valence-electron chi connectivity index (χ3n) is 4.94. The van der Waals surface area contributed by atoms with Crippen LogP contribution < -0.4 is 5.32 Å². The average Bonchev–Trinajstić information content (AvgIpc) is 3.23. The molecule has 0 unspecified atom stereocenters. The van der Waals surface area contributed by atoms with E-state index in [1.165, 1.54) is 6.26 Å². The van der Waals surface area contributed by atoms with Gasteiger partial charge in [0.2, 0.25) is 0 Å². The largest absolute Gasteiger partial charge is 0.466 e. The van der Waals surface area contributed by atoms with Crippen LogP contribution in [-0.2, 0) is 5.60 Å². The molecule has 1 saturated carbocycles. The molecular formula is C20H19ClN2O4. The molecule has 1 atom stereocenters. The third kappa shape index (κ3) is 3.26. The molecule has 2 N–H and O–H groups in total. The molecule has 1 aliphatic carbocycles. The van der Waals surface area contributed by atoms with E-state index in [2.05, 4.69) is 10.5 Å². The Labute approximate surface area is 161 Å². The minimum atomic E-state index is -1.23. The highest BCUT2D eigenvalue weighted by atomic mass is 35.5. The fourth-order valence-corrected chi connectivity index (χ4v) is 3.52. The number of halogens is 1. The maximum absolute atomic E-state index is 12.9. The number of furan rings is 1. The summed E-state index contributed by atoms with van der Waals surface area (Å²) < 4.78 is 10.6. The second-order valence-corrected chi connectivity index (χ2v) is 7.21. The minimum Gasteiger partial charge on any atom is -0.466 e. The van der Waals surface area contributed by atoms with Gasteiger partial charge in [0.1, 0.15) is 28.4 Å². The molecule has 3 aromatic rings. The number of carbonyl (C=O) groups is 1. The number of nitrogens with zero attached hydrogens (tertiary/aromatic N) is 1. The summed E-state index contributed by atoms with van der Waals surface area (Å²) in [7, 11) is 0. The molecule has 0 aliphatic heterocycles. The van der Waals surface area contributed by atoms with Crippen LogP contribution in [-0.4, -0.2) is 22.7 Å². The predicted octanol–water partition coefficient (Wildman–Crippen LogP) is 3.92. The van der Waals surface area contributed by atoms with Crippen LogP contribution in [0.25, 0.3) is 11.3 Å². The molecule has 6 nitrogen and oxygen atoms in total. The van der Waals surface area contributed by atoms with Crippen molar-refractivity contribution in [2.45, 2.75) is 25.4 Å². The highest BCUT2D eigenvalue weighted by molar-refractivity contribution is 6.33. The Kier molecular flexibility index (Phi) is 4.53. The zero-order chi connectivity index (χ0) is 19.0. The first-order valence-electron chi connectivity index (χ1n) is 8.76. The van der Waals surface area contributed by atoms with Crippen LogP contribution in [0.2, 0.25) is 5.02 Å². The fourth-order valence-electron chi connectivity index (χ4n) is 3.30. The lowest BCUT2D eigenvalue weighted by Gasteiger charge is -2.26. The van der Waals surface area contributed by atoms with Crippen molar-refractivity contribution in [2.75, 3.05) is 6.54 Å². The van der Waals surface area contributed by atoms with E-state index in [4.69, 9.17) is 20.5 Å². The number of hydrogen-bond acceptors (Lipinski definition) is 5. The van der Waals surface area contributed by atoms with E-state index < -0.39 is 5.60 Å². The highest BCUT2D eigenvalue weighted by Crippen LogP contribution is 2.45. The maximum Gasteiger partial charge on any atom is 0.257 e. The lowest BCUT2D eigenvalue weighted by molar-refractivity contribution is -0.00611. The van der Waals surface area contributed by atoms with Gasteiger partial charge in [-0.3, -0.25) is 4.79 Å². The first-order chi connectivity index (χ1) is 13.0. The lowest BCUT2D eigenvalue weighted by atomic mass is 9.94. The van der Waals surface area contributed by atoms with Gasteiger partial charge in [-0.25, -0.2) is 0 Å². The van der Waals surface area contributed by atoms with Gasteiger partial charge in [-0.15, -0.1) is 0 Å². The quantitative estimate of drug-likeness (QED) is 0.670. The number of rotatable bonds is 6. The Hall–Kier alpha value is -2.57. The number of benzene rings is 1. The van der Waals surface area contributed by atoms with Gasteiger partial charge in [0.15, 0.2) is 0 Å². The number of aryl methyl sites for hydroxylation is 1. The van der Waals surface area contributed by atoms with Gasteiger partial charge in [-0.05, 0) is 43.9 Å². The van der Waals surface area contributed by atoms with E-state index >= 15 is 0 Å². The Morgan fingerprint density at radius 1 is 1.33 bits per heavy atom. The molecule has 4 rings (SSSR count). The summed E-state index contributed by atoms with van der Waals surface area (Å²) in [4.78, 5) is 12.9. The Morgan fingerprint density at radius 3 is 2.78 bits per heavy atom. The van der Waals surface area contributed by atoms with E-state index in [0.717, 1.165) is 12.8 Å². The Balaban J connectivity index is 1.59. The van der Waals surface area contributed by atoms with Gasteiger partial charge in [0.05, 0.1) is 17.8 Å². The number of aliphatic hydroxyl groups is 1. The number of nitrogens with one attached hydrogen (secondary N) is 1. The molecule has 1 aliphatic rings. The predicted molar refractivity (Wildman–Crippen MR) is 99.3 cm³/mol. The van der Waals surface area contributed by atoms with Gasteiger partial charge < -0.3 is 19.4 Å². The van der Waals surface area contributed by atoms with Gasteiger partial charge in [-0.1, -0.05) is 35.0 Å². The van der Waals surface area contributed by atoms with E-state index in [1.807, 2.05) is 6.07 Å². The zero-order valence-corrected chi connectivity index (χ0v) is 15.5. The van der Waals surface area contributed by atoms with Gasteiger partial charge in [0.25, 0.3) is 5.91 Å². The van der Waals surface area contributed by atoms with Crippen LogP contribution in [0.4, 0.5) is 0 Å². The van der Waals surface area contributed by atoms with Crippen LogP contribution >= 0.6 is 11.6 Å². The SMILES string of the molecule is Cc1onc(-c2ccccc2Cl)c1C(=O)NC[C@@](O)(c1ccco1)C1CC1. The molecule has 1 amide bonds. The summed E-state index contributed by atoms with van der Waals surface area (Å²) in [6, 6.07) is 10.6. The summed E-state index contributed by atoms with van der Waals surface area (Å²) >= 11 is 6.25. The van der Waals surface area contributed by atoms with Crippen molar-refractivity contribution < 1.29 is 18.8 Å². The zero-order valence-electron chi connectivity index (χ0n) is 14.7. The molecule has 7 heteroatoms. The van der Waals surface area contributed by atoms with Crippen LogP contribution in [0, 0.1) is 12.8 Å². The standard InChI is InChI=1S/C20H19ClN2O4/c1-12-17(18(23-27-12)14-5-2-3-6-15(14)21)19(24)22-11-20(25,13-8-9-13)16-7-4-10-26-16/h2-7,10,13,25H,8-9,11H2,1H3,(H,22,24)/t20-/m0/s1. The lowest BCUT2D eigenvalue weighted by Crippen LogP contribution is -2.42. The number of aromatic nitrogens is 1. The van der Waals surface area contributed by atoms with Crippen molar-refractivity contribution in [3.05, 3.63) is 64.8 Å². The summed E-state index contributed by atoms with van der Waals surface area (Å²) in [5.74, 6) is 0.527. The molecule has 2 aromatic heterocycles. The van der Waals surface area contributed by atoms with Crippen LogP contribution in [0.3, 0.4) is 0 Å². The topological polar surface area (TPSA) is 88.5 Å². The Bertz CT molecular complexity index is 962. The van der Waals surface area contributed by atoms with E-state index in [-0.39, 0.29) is 18.4 Å². The van der Waals surface area contributed by atoms with Crippen molar-refractivity contribution in [3.8, 4) is 11.3 Å². The number of carbonyl (C=O) groups excluding carboxylic acids is 1. The van der Waals surface area contributed by atoms with Gasteiger partial charge in [-0.2, -0.15) is 0 Å². The van der Waals surface area contributed by atoms with Crippen molar-refractivity contribution >= 4 is 17.5 Å². The third-order valence-corrected chi connectivity index (χ3v) is 5.27. The van der Waals surface area contributed by atoms with Crippen molar-refractivity contribution in [3.63, 3.8) is 0 Å².